The molecule has 4 nitrogen and oxygen atoms in total. The summed E-state index contributed by atoms with van der Waals surface area (Å²) < 4.78 is 11.1. The first kappa shape index (κ1) is 12.4. The van der Waals surface area contributed by atoms with Gasteiger partial charge in [0.2, 0.25) is 0 Å². The molecule has 1 aliphatic rings. The van der Waals surface area contributed by atoms with Crippen LogP contribution in [0.15, 0.2) is 10.7 Å². The Morgan fingerprint density at radius 2 is 2.18 bits per heavy atom. The quantitative estimate of drug-likeness (QED) is 0.876. The second kappa shape index (κ2) is 5.08. The largest absolute Gasteiger partial charge is 0.447 e. The highest BCUT2D eigenvalue weighted by Gasteiger charge is 2.28. The summed E-state index contributed by atoms with van der Waals surface area (Å²) in [5, 5.41) is 3.03. The molecule has 1 fully saturated rings. The van der Waals surface area contributed by atoms with Crippen LogP contribution in [0.25, 0.3) is 0 Å². The third-order valence-corrected chi connectivity index (χ3v) is 3.44. The molecule has 1 N–H and O–H groups in total. The molecule has 0 bridgehead atoms. The van der Waals surface area contributed by atoms with Crippen LogP contribution in [0.2, 0.25) is 0 Å². The lowest BCUT2D eigenvalue weighted by molar-refractivity contribution is 0.0726. The van der Waals surface area contributed by atoms with Gasteiger partial charge >= 0.3 is 6.08 Å². The molecular formula is C13H22N2O2. The number of ether oxygens (including phenoxy) is 1. The lowest BCUT2D eigenvalue weighted by Gasteiger charge is -2.33. The van der Waals surface area contributed by atoms with E-state index in [1.807, 2.05) is 7.05 Å². The van der Waals surface area contributed by atoms with E-state index in [1.165, 1.54) is 12.8 Å². The van der Waals surface area contributed by atoms with Gasteiger partial charge in [0.25, 0.3) is 0 Å². The smallest absolute Gasteiger partial charge is 0.394 e. The Balaban J connectivity index is 1.84. The minimum absolute atomic E-state index is 0.268. The van der Waals surface area contributed by atoms with Gasteiger partial charge in [-0.25, -0.2) is 0 Å². The fourth-order valence-corrected chi connectivity index (χ4v) is 2.24. The number of hydrogen-bond donors (Lipinski definition) is 1. The standard InChI is InChI=1S/C13H22N2O2/c1-13(2)6-4-11(5-7-13)17-12-15-10(8-14-3)9-16-12/h9,11,14H,4-8H2,1-3H3. The molecule has 1 aromatic rings. The Morgan fingerprint density at radius 3 is 2.82 bits per heavy atom. The fraction of sp³-hybridized carbons (Fsp3) is 0.769. The van der Waals surface area contributed by atoms with Gasteiger partial charge in [-0.05, 0) is 38.1 Å². The van der Waals surface area contributed by atoms with E-state index in [2.05, 4.69) is 24.1 Å². The number of oxazole rings is 1. The molecule has 0 spiro atoms. The number of nitrogens with zero attached hydrogens (tertiary/aromatic N) is 1. The van der Waals surface area contributed by atoms with Gasteiger partial charge < -0.3 is 14.5 Å². The van der Waals surface area contributed by atoms with Crippen LogP contribution in [0.3, 0.4) is 0 Å². The maximum atomic E-state index is 5.77. The average molecular weight is 238 g/mol. The van der Waals surface area contributed by atoms with Crippen LogP contribution in [0.4, 0.5) is 0 Å². The van der Waals surface area contributed by atoms with Crippen molar-refractivity contribution in [1.82, 2.24) is 10.3 Å². The Bertz CT molecular complexity index is 350. The van der Waals surface area contributed by atoms with Crippen molar-refractivity contribution < 1.29 is 9.15 Å². The molecule has 0 saturated heterocycles. The molecule has 0 radical (unpaired) electrons. The van der Waals surface area contributed by atoms with Crippen LogP contribution >= 0.6 is 0 Å². The van der Waals surface area contributed by atoms with Crippen molar-refractivity contribution in [3.05, 3.63) is 12.0 Å². The third-order valence-electron chi connectivity index (χ3n) is 3.44. The molecule has 96 valence electrons. The van der Waals surface area contributed by atoms with Crippen molar-refractivity contribution in [2.45, 2.75) is 52.2 Å². The molecule has 0 unspecified atom stereocenters. The predicted octanol–water partition coefficient (Wildman–Crippen LogP) is 2.74. The molecule has 0 aromatic carbocycles. The summed E-state index contributed by atoms with van der Waals surface area (Å²) in [5.41, 5.74) is 1.35. The van der Waals surface area contributed by atoms with Crippen LogP contribution in [-0.2, 0) is 6.54 Å². The molecule has 1 heterocycles. The summed E-state index contributed by atoms with van der Waals surface area (Å²) in [6.07, 6.45) is 6.94. The summed E-state index contributed by atoms with van der Waals surface area (Å²) in [5.74, 6) is 0. The zero-order valence-corrected chi connectivity index (χ0v) is 11.0. The molecule has 0 atom stereocenters. The van der Waals surface area contributed by atoms with Crippen LogP contribution in [-0.4, -0.2) is 18.1 Å². The van der Waals surface area contributed by atoms with Gasteiger partial charge in [-0.15, -0.1) is 0 Å². The third kappa shape index (κ3) is 3.46. The van der Waals surface area contributed by atoms with Gasteiger partial charge in [0.15, 0.2) is 0 Å². The van der Waals surface area contributed by atoms with E-state index in [-0.39, 0.29) is 6.10 Å². The van der Waals surface area contributed by atoms with Gasteiger partial charge in [0.1, 0.15) is 12.4 Å². The highest BCUT2D eigenvalue weighted by atomic mass is 16.6. The van der Waals surface area contributed by atoms with Crippen molar-refractivity contribution in [3.63, 3.8) is 0 Å². The number of hydrogen-bond acceptors (Lipinski definition) is 4. The van der Waals surface area contributed by atoms with E-state index in [0.717, 1.165) is 18.5 Å². The summed E-state index contributed by atoms with van der Waals surface area (Å²) in [7, 11) is 1.89. The van der Waals surface area contributed by atoms with Gasteiger partial charge in [0, 0.05) is 6.54 Å². The molecular weight excluding hydrogens is 216 g/mol. The summed E-state index contributed by atoms with van der Waals surface area (Å²) >= 11 is 0. The molecule has 2 rings (SSSR count). The van der Waals surface area contributed by atoms with Gasteiger partial charge in [-0.3, -0.25) is 0 Å². The minimum atomic E-state index is 0.268. The first-order chi connectivity index (χ1) is 8.09. The average Bonchev–Trinajstić information content (AvgIpc) is 2.70. The second-order valence-corrected chi connectivity index (χ2v) is 5.62. The van der Waals surface area contributed by atoms with Crippen LogP contribution < -0.4 is 10.1 Å². The first-order valence-electron chi connectivity index (χ1n) is 6.35. The van der Waals surface area contributed by atoms with Crippen molar-refractivity contribution >= 4 is 0 Å². The van der Waals surface area contributed by atoms with Crippen LogP contribution in [0.5, 0.6) is 6.08 Å². The molecule has 1 saturated carbocycles. The molecule has 17 heavy (non-hydrogen) atoms. The molecule has 4 heteroatoms. The van der Waals surface area contributed by atoms with Gasteiger partial charge in [-0.1, -0.05) is 13.8 Å². The van der Waals surface area contributed by atoms with Crippen LogP contribution in [0.1, 0.15) is 45.2 Å². The number of rotatable bonds is 4. The first-order valence-corrected chi connectivity index (χ1v) is 6.35. The minimum Gasteiger partial charge on any atom is -0.447 e. The van der Waals surface area contributed by atoms with E-state index < -0.39 is 0 Å². The van der Waals surface area contributed by atoms with Crippen molar-refractivity contribution in [1.29, 1.82) is 0 Å². The molecule has 1 aromatic heterocycles. The van der Waals surface area contributed by atoms with Crippen molar-refractivity contribution in [2.75, 3.05) is 7.05 Å². The SMILES string of the molecule is CNCc1coc(OC2CCC(C)(C)CC2)n1. The lowest BCUT2D eigenvalue weighted by atomic mass is 9.76. The van der Waals surface area contributed by atoms with E-state index in [1.54, 1.807) is 6.26 Å². The van der Waals surface area contributed by atoms with E-state index in [0.29, 0.717) is 18.0 Å². The van der Waals surface area contributed by atoms with Crippen molar-refractivity contribution in [3.8, 4) is 6.08 Å². The van der Waals surface area contributed by atoms with Crippen LogP contribution in [0, 0.1) is 5.41 Å². The number of nitrogens with one attached hydrogen (secondary N) is 1. The maximum Gasteiger partial charge on any atom is 0.394 e. The molecule has 0 amide bonds. The normalized spacial score (nSPS) is 20.4. The summed E-state index contributed by atoms with van der Waals surface area (Å²) in [6.45, 7) is 5.35. The summed E-state index contributed by atoms with van der Waals surface area (Å²) in [4.78, 5) is 4.28. The zero-order valence-electron chi connectivity index (χ0n) is 11.0. The van der Waals surface area contributed by atoms with E-state index >= 15 is 0 Å². The highest BCUT2D eigenvalue weighted by Crippen LogP contribution is 2.36. The topological polar surface area (TPSA) is 47.3 Å². The summed E-state index contributed by atoms with van der Waals surface area (Å²) in [6, 6.07) is 0. The van der Waals surface area contributed by atoms with E-state index in [9.17, 15) is 0 Å². The maximum absolute atomic E-state index is 5.77. The van der Waals surface area contributed by atoms with E-state index in [4.69, 9.17) is 9.15 Å². The Hall–Kier alpha value is -1.03. The molecule has 1 aliphatic carbocycles. The van der Waals surface area contributed by atoms with Gasteiger partial charge in [0.05, 0.1) is 5.69 Å². The second-order valence-electron chi connectivity index (χ2n) is 5.62. The Labute approximate surface area is 103 Å². The molecule has 0 aliphatic heterocycles. The van der Waals surface area contributed by atoms with Crippen molar-refractivity contribution in [2.24, 2.45) is 5.41 Å². The fourth-order valence-electron chi connectivity index (χ4n) is 2.24. The highest BCUT2D eigenvalue weighted by molar-refractivity contribution is 5.00. The monoisotopic (exact) mass is 238 g/mol. The number of aromatic nitrogens is 1. The predicted molar refractivity (Wildman–Crippen MR) is 65.9 cm³/mol. The Morgan fingerprint density at radius 1 is 1.47 bits per heavy atom. The lowest BCUT2D eigenvalue weighted by Crippen LogP contribution is -2.28. The Kier molecular flexibility index (Phi) is 3.72. The zero-order chi connectivity index (χ0) is 12.3. The van der Waals surface area contributed by atoms with Gasteiger partial charge in [-0.2, -0.15) is 4.98 Å².